The molecule has 0 unspecified atom stereocenters. The molecule has 5 heteroatoms. The van der Waals surface area contributed by atoms with Gasteiger partial charge in [0.15, 0.2) is 0 Å². The number of nitrogens with one attached hydrogen (secondary N) is 1. The highest BCUT2D eigenvalue weighted by atomic mass is 16.2. The lowest BCUT2D eigenvalue weighted by molar-refractivity contribution is -0.133. The Labute approximate surface area is 132 Å². The summed E-state index contributed by atoms with van der Waals surface area (Å²) in [5.74, 6) is -0.0674. The molecule has 0 aliphatic carbocycles. The molecule has 5 nitrogen and oxygen atoms in total. The minimum Gasteiger partial charge on any atom is -0.341 e. The van der Waals surface area contributed by atoms with Crippen molar-refractivity contribution in [2.24, 2.45) is 5.41 Å². The van der Waals surface area contributed by atoms with Crippen molar-refractivity contribution in [3.05, 3.63) is 35.9 Å². The molecule has 0 saturated carbocycles. The normalized spacial score (nSPS) is 25.5. The standard InChI is InChI=1S/C17H25N3O2/c1-16(2,3)13-19(6)14(21)17(4,20(13)15(22)18-5)12-10-8-7-9-11-12/h7-11,13H,1-6H3,(H,18,22)/t13-,17-/m1/s1. The minimum absolute atomic E-state index is 0.0674. The van der Waals surface area contributed by atoms with E-state index in [1.54, 1.807) is 23.9 Å². The van der Waals surface area contributed by atoms with Crippen LogP contribution in [0.4, 0.5) is 4.79 Å². The highest BCUT2D eigenvalue weighted by Crippen LogP contribution is 2.44. The average molecular weight is 303 g/mol. The maximum atomic E-state index is 13.0. The van der Waals surface area contributed by atoms with E-state index in [1.807, 2.05) is 58.0 Å². The summed E-state index contributed by atoms with van der Waals surface area (Å²) < 4.78 is 0. The lowest BCUT2D eigenvalue weighted by Gasteiger charge is -2.41. The van der Waals surface area contributed by atoms with E-state index in [4.69, 9.17) is 0 Å². The second-order valence-corrected chi connectivity index (χ2v) is 7.02. The van der Waals surface area contributed by atoms with E-state index in [2.05, 4.69) is 5.32 Å². The van der Waals surface area contributed by atoms with Crippen LogP contribution in [0.1, 0.15) is 33.3 Å². The van der Waals surface area contributed by atoms with Crippen LogP contribution in [0.2, 0.25) is 0 Å². The maximum absolute atomic E-state index is 13.0. The summed E-state index contributed by atoms with van der Waals surface area (Å²) in [5, 5.41) is 2.68. The number of carbonyl (C=O) groups excluding carboxylic acids is 2. The average Bonchev–Trinajstić information content (AvgIpc) is 2.69. The van der Waals surface area contributed by atoms with Gasteiger partial charge in [-0.2, -0.15) is 0 Å². The molecule has 0 bridgehead atoms. The van der Waals surface area contributed by atoms with Crippen molar-refractivity contribution in [3.8, 4) is 0 Å². The van der Waals surface area contributed by atoms with Crippen LogP contribution in [0, 0.1) is 5.41 Å². The Bertz CT molecular complexity index is 579. The van der Waals surface area contributed by atoms with Gasteiger partial charge in [-0.05, 0) is 12.5 Å². The Kier molecular flexibility index (Phi) is 3.94. The summed E-state index contributed by atoms with van der Waals surface area (Å²) in [6.07, 6.45) is -0.315. The number of likely N-dealkylation sites (N-methyl/N-ethyl adjacent to an activating group) is 1. The molecular formula is C17H25N3O2. The minimum atomic E-state index is -1.01. The molecule has 1 aliphatic heterocycles. The van der Waals surface area contributed by atoms with Crippen LogP contribution in [-0.4, -0.2) is 42.0 Å². The smallest absolute Gasteiger partial charge is 0.319 e. The van der Waals surface area contributed by atoms with Crippen molar-refractivity contribution in [2.75, 3.05) is 14.1 Å². The first kappa shape index (κ1) is 16.3. The largest absolute Gasteiger partial charge is 0.341 e. The molecule has 1 heterocycles. The first-order chi connectivity index (χ1) is 10.2. The first-order valence-corrected chi connectivity index (χ1v) is 7.49. The first-order valence-electron chi connectivity index (χ1n) is 7.49. The van der Waals surface area contributed by atoms with Gasteiger partial charge in [-0.1, -0.05) is 51.1 Å². The molecular weight excluding hydrogens is 278 g/mol. The zero-order valence-electron chi connectivity index (χ0n) is 14.2. The predicted octanol–water partition coefficient (Wildman–Crippen LogP) is 2.39. The van der Waals surface area contributed by atoms with Gasteiger partial charge in [-0.25, -0.2) is 4.79 Å². The Morgan fingerprint density at radius 2 is 1.77 bits per heavy atom. The summed E-state index contributed by atoms with van der Waals surface area (Å²) in [7, 11) is 3.36. The molecule has 0 radical (unpaired) electrons. The monoisotopic (exact) mass is 303 g/mol. The second-order valence-electron chi connectivity index (χ2n) is 7.02. The molecule has 2 rings (SSSR count). The van der Waals surface area contributed by atoms with Gasteiger partial charge >= 0.3 is 6.03 Å². The van der Waals surface area contributed by atoms with Crippen molar-refractivity contribution in [1.82, 2.24) is 15.1 Å². The van der Waals surface area contributed by atoms with E-state index >= 15 is 0 Å². The number of nitrogens with zero attached hydrogens (tertiary/aromatic N) is 2. The zero-order valence-corrected chi connectivity index (χ0v) is 14.2. The summed E-state index contributed by atoms with van der Waals surface area (Å²) >= 11 is 0. The van der Waals surface area contributed by atoms with Crippen LogP contribution in [-0.2, 0) is 10.3 Å². The number of hydrogen-bond acceptors (Lipinski definition) is 2. The quantitative estimate of drug-likeness (QED) is 0.866. The van der Waals surface area contributed by atoms with Gasteiger partial charge in [-0.15, -0.1) is 0 Å². The van der Waals surface area contributed by atoms with Crippen LogP contribution < -0.4 is 5.32 Å². The summed E-state index contributed by atoms with van der Waals surface area (Å²) in [6.45, 7) is 7.93. The Hall–Kier alpha value is -2.04. The summed E-state index contributed by atoms with van der Waals surface area (Å²) in [5.41, 5.74) is -0.445. The topological polar surface area (TPSA) is 52.7 Å². The van der Waals surface area contributed by atoms with Crippen LogP contribution in [0.15, 0.2) is 30.3 Å². The number of carbonyl (C=O) groups is 2. The van der Waals surface area contributed by atoms with Gasteiger partial charge in [-0.3, -0.25) is 9.69 Å². The molecule has 1 fully saturated rings. The fraction of sp³-hybridized carbons (Fsp3) is 0.529. The van der Waals surface area contributed by atoms with Crippen molar-refractivity contribution in [2.45, 2.75) is 39.4 Å². The third kappa shape index (κ3) is 2.25. The molecule has 1 aliphatic rings. The molecule has 3 amide bonds. The molecule has 120 valence electrons. The van der Waals surface area contributed by atoms with Crippen molar-refractivity contribution >= 4 is 11.9 Å². The highest BCUT2D eigenvalue weighted by Gasteiger charge is 2.59. The van der Waals surface area contributed by atoms with Gasteiger partial charge < -0.3 is 10.2 Å². The van der Waals surface area contributed by atoms with E-state index in [0.29, 0.717) is 0 Å². The molecule has 0 aromatic heterocycles. The van der Waals surface area contributed by atoms with Gasteiger partial charge in [0.05, 0.1) is 0 Å². The van der Waals surface area contributed by atoms with E-state index < -0.39 is 5.54 Å². The molecule has 22 heavy (non-hydrogen) atoms. The van der Waals surface area contributed by atoms with Gasteiger partial charge in [0.25, 0.3) is 5.91 Å². The number of benzene rings is 1. The van der Waals surface area contributed by atoms with Crippen LogP contribution >= 0.6 is 0 Å². The lowest BCUT2D eigenvalue weighted by Crippen LogP contribution is -2.56. The van der Waals surface area contributed by atoms with E-state index in [1.165, 1.54) is 0 Å². The van der Waals surface area contributed by atoms with Crippen molar-refractivity contribution in [1.29, 1.82) is 0 Å². The van der Waals surface area contributed by atoms with Crippen LogP contribution in [0.3, 0.4) is 0 Å². The number of rotatable bonds is 1. The molecule has 1 aromatic carbocycles. The van der Waals surface area contributed by atoms with Gasteiger partial charge in [0.1, 0.15) is 11.7 Å². The molecule has 2 atom stereocenters. The Morgan fingerprint density at radius 1 is 1.23 bits per heavy atom. The molecule has 0 spiro atoms. The number of hydrogen-bond donors (Lipinski definition) is 1. The lowest BCUT2D eigenvalue weighted by atomic mass is 9.87. The number of urea groups is 1. The maximum Gasteiger partial charge on any atom is 0.319 e. The molecule has 1 saturated heterocycles. The van der Waals surface area contributed by atoms with Crippen LogP contribution in [0.25, 0.3) is 0 Å². The summed E-state index contributed by atoms with van der Waals surface area (Å²) in [6, 6.07) is 9.23. The van der Waals surface area contributed by atoms with E-state index in [-0.39, 0.29) is 23.5 Å². The zero-order chi connectivity index (χ0) is 16.7. The summed E-state index contributed by atoms with van der Waals surface area (Å²) in [4.78, 5) is 29.0. The Balaban J connectivity index is 2.66. The van der Waals surface area contributed by atoms with E-state index in [0.717, 1.165) is 5.56 Å². The number of amides is 3. The van der Waals surface area contributed by atoms with E-state index in [9.17, 15) is 9.59 Å². The molecule has 1 aromatic rings. The van der Waals surface area contributed by atoms with Crippen LogP contribution in [0.5, 0.6) is 0 Å². The fourth-order valence-electron chi connectivity index (χ4n) is 3.40. The van der Waals surface area contributed by atoms with Gasteiger partial charge in [0, 0.05) is 19.5 Å². The van der Waals surface area contributed by atoms with Gasteiger partial charge in [0.2, 0.25) is 0 Å². The highest BCUT2D eigenvalue weighted by molar-refractivity contribution is 5.95. The molecule has 1 N–H and O–H groups in total. The SMILES string of the molecule is CNC(=O)N1[C@H](C(C)(C)C)N(C)C(=O)[C@@]1(C)c1ccccc1. The Morgan fingerprint density at radius 3 is 2.23 bits per heavy atom. The third-order valence-corrected chi connectivity index (χ3v) is 4.37. The van der Waals surface area contributed by atoms with Crippen molar-refractivity contribution in [3.63, 3.8) is 0 Å². The second kappa shape index (κ2) is 5.30. The predicted molar refractivity (Wildman–Crippen MR) is 86.1 cm³/mol. The fourth-order valence-corrected chi connectivity index (χ4v) is 3.40. The third-order valence-electron chi connectivity index (χ3n) is 4.37. The van der Waals surface area contributed by atoms with Crippen molar-refractivity contribution < 1.29 is 9.59 Å².